The molecule has 238 valence electrons. The quantitative estimate of drug-likeness (QED) is 0.306. The van der Waals surface area contributed by atoms with Crippen molar-refractivity contribution >= 4 is 22.8 Å². The molecule has 0 radical (unpaired) electrons. The Labute approximate surface area is 266 Å². The summed E-state index contributed by atoms with van der Waals surface area (Å²) >= 11 is 0. The highest BCUT2D eigenvalue weighted by Crippen LogP contribution is 2.34. The number of carbonyl (C=O) groups is 1. The molecule has 4 aromatic rings. The van der Waals surface area contributed by atoms with E-state index in [4.69, 9.17) is 9.72 Å². The third kappa shape index (κ3) is 7.28. The van der Waals surface area contributed by atoms with Crippen LogP contribution in [0.2, 0.25) is 0 Å². The third-order valence-corrected chi connectivity index (χ3v) is 9.07. The first kappa shape index (κ1) is 31.0. The number of carbonyl (C=O) groups excluding carboxylic acids is 1. The molecule has 0 atom stereocenters. The number of ether oxygens (including phenoxy) is 1. The maximum absolute atomic E-state index is 13.0. The molecule has 2 aliphatic heterocycles. The fourth-order valence-electron chi connectivity index (χ4n) is 6.59. The van der Waals surface area contributed by atoms with Gasteiger partial charge in [0.15, 0.2) is 0 Å². The van der Waals surface area contributed by atoms with E-state index in [1.165, 1.54) is 0 Å². The first-order valence-electron chi connectivity index (χ1n) is 16.1. The summed E-state index contributed by atoms with van der Waals surface area (Å²) in [5.74, 6) is 0.951. The van der Waals surface area contributed by atoms with Gasteiger partial charge in [-0.25, -0.2) is 9.78 Å². The minimum atomic E-state index is -0.538. The zero-order chi connectivity index (χ0) is 31.6. The van der Waals surface area contributed by atoms with Gasteiger partial charge in [-0.15, -0.1) is 0 Å². The van der Waals surface area contributed by atoms with Gasteiger partial charge in [0.05, 0.1) is 17.3 Å². The minimum Gasteiger partial charge on any atom is -0.444 e. The lowest BCUT2D eigenvalue weighted by Gasteiger charge is -2.46. The van der Waals surface area contributed by atoms with Crippen molar-refractivity contribution in [2.45, 2.75) is 51.7 Å². The molecule has 0 saturated carbocycles. The summed E-state index contributed by atoms with van der Waals surface area (Å²) in [6.07, 6.45) is 9.03. The number of aromatic nitrogens is 4. The molecule has 0 aliphatic carbocycles. The van der Waals surface area contributed by atoms with Crippen molar-refractivity contribution in [3.05, 3.63) is 61.2 Å². The SMILES string of the molecule is CCN1CCN(CC2(NC(=O)OC(C)(C)C)CCN(c3ccc(-c4cc(-c5cnn(C)c5)cc5ncccc45)cn3)CC2)CC1. The van der Waals surface area contributed by atoms with Crippen molar-refractivity contribution in [2.24, 2.45) is 7.05 Å². The van der Waals surface area contributed by atoms with Crippen LogP contribution in [0.15, 0.2) is 61.2 Å². The summed E-state index contributed by atoms with van der Waals surface area (Å²) < 4.78 is 7.53. The number of hydrogen-bond donors (Lipinski definition) is 1. The lowest BCUT2D eigenvalue weighted by molar-refractivity contribution is 0.0359. The van der Waals surface area contributed by atoms with E-state index in [-0.39, 0.29) is 11.6 Å². The third-order valence-electron chi connectivity index (χ3n) is 9.07. The molecule has 6 rings (SSSR count). The van der Waals surface area contributed by atoms with Gasteiger partial charge < -0.3 is 19.9 Å². The minimum absolute atomic E-state index is 0.333. The molecule has 2 saturated heterocycles. The van der Waals surface area contributed by atoms with E-state index in [1.54, 1.807) is 0 Å². The van der Waals surface area contributed by atoms with Crippen LogP contribution in [-0.2, 0) is 11.8 Å². The number of anilines is 1. The molecular formula is C35H46N8O2. The van der Waals surface area contributed by atoms with Crippen LogP contribution in [0.5, 0.6) is 0 Å². The van der Waals surface area contributed by atoms with Gasteiger partial charge in [-0.3, -0.25) is 14.6 Å². The van der Waals surface area contributed by atoms with Gasteiger partial charge in [0, 0.05) is 88.0 Å². The fraction of sp³-hybridized carbons (Fsp3) is 0.486. The van der Waals surface area contributed by atoms with Crippen LogP contribution < -0.4 is 10.2 Å². The lowest BCUT2D eigenvalue weighted by Crippen LogP contribution is -2.63. The van der Waals surface area contributed by atoms with Crippen molar-refractivity contribution in [1.82, 2.24) is 34.9 Å². The number of nitrogens with one attached hydrogen (secondary N) is 1. The molecule has 1 amide bonds. The summed E-state index contributed by atoms with van der Waals surface area (Å²) in [7, 11) is 1.93. The highest BCUT2D eigenvalue weighted by molar-refractivity contribution is 5.98. The average Bonchev–Trinajstić information content (AvgIpc) is 3.46. The summed E-state index contributed by atoms with van der Waals surface area (Å²) in [4.78, 5) is 29.9. The molecule has 0 bridgehead atoms. The van der Waals surface area contributed by atoms with E-state index >= 15 is 0 Å². The number of alkyl carbamates (subject to hydrolysis) is 1. The summed E-state index contributed by atoms with van der Waals surface area (Å²) in [6, 6.07) is 12.7. The first-order valence-corrected chi connectivity index (χ1v) is 16.1. The second-order valence-electron chi connectivity index (χ2n) is 13.5. The maximum atomic E-state index is 13.0. The van der Waals surface area contributed by atoms with Crippen LogP contribution in [0, 0.1) is 0 Å². The Morgan fingerprint density at radius 3 is 2.33 bits per heavy atom. The van der Waals surface area contributed by atoms with Gasteiger partial charge in [-0.2, -0.15) is 5.10 Å². The molecule has 5 heterocycles. The monoisotopic (exact) mass is 610 g/mol. The molecule has 2 aliphatic rings. The molecule has 0 unspecified atom stereocenters. The Morgan fingerprint density at radius 2 is 1.69 bits per heavy atom. The van der Waals surface area contributed by atoms with Crippen molar-refractivity contribution in [3.63, 3.8) is 0 Å². The predicted molar refractivity (Wildman–Crippen MR) is 179 cm³/mol. The van der Waals surface area contributed by atoms with Crippen LogP contribution in [0.3, 0.4) is 0 Å². The fourth-order valence-corrected chi connectivity index (χ4v) is 6.59. The zero-order valence-electron chi connectivity index (χ0n) is 27.3. The number of hydrogen-bond acceptors (Lipinski definition) is 8. The number of likely N-dealkylation sites (N-methyl/N-ethyl adjacent to an activating group) is 1. The smallest absolute Gasteiger partial charge is 0.408 e. The van der Waals surface area contributed by atoms with Gasteiger partial charge in [-0.05, 0) is 81.6 Å². The number of piperazine rings is 1. The van der Waals surface area contributed by atoms with Gasteiger partial charge >= 0.3 is 6.09 Å². The van der Waals surface area contributed by atoms with E-state index < -0.39 is 5.60 Å². The van der Waals surface area contributed by atoms with Gasteiger partial charge in [0.1, 0.15) is 11.4 Å². The van der Waals surface area contributed by atoms with E-state index in [0.29, 0.717) is 0 Å². The maximum Gasteiger partial charge on any atom is 0.408 e. The summed E-state index contributed by atoms with van der Waals surface area (Å²) in [5.41, 5.74) is 4.34. The van der Waals surface area contributed by atoms with Crippen LogP contribution in [0.4, 0.5) is 10.6 Å². The molecule has 0 spiro atoms. The second-order valence-corrected chi connectivity index (χ2v) is 13.5. The summed E-state index contributed by atoms with van der Waals surface area (Å²) in [6.45, 7) is 15.7. The molecular weight excluding hydrogens is 564 g/mol. The Hall–Kier alpha value is -4.02. The van der Waals surface area contributed by atoms with Crippen LogP contribution in [0.25, 0.3) is 33.2 Å². The molecule has 10 nitrogen and oxygen atoms in total. The van der Waals surface area contributed by atoms with Gasteiger partial charge in [0.25, 0.3) is 0 Å². The van der Waals surface area contributed by atoms with E-state index in [0.717, 1.165) is 104 Å². The van der Waals surface area contributed by atoms with E-state index in [9.17, 15) is 4.79 Å². The summed E-state index contributed by atoms with van der Waals surface area (Å²) in [5, 5.41) is 8.78. The van der Waals surface area contributed by atoms with Crippen LogP contribution >= 0.6 is 0 Å². The van der Waals surface area contributed by atoms with Crippen molar-refractivity contribution in [3.8, 4) is 22.3 Å². The number of nitrogens with zero attached hydrogens (tertiary/aromatic N) is 7. The highest BCUT2D eigenvalue weighted by Gasteiger charge is 2.39. The molecule has 1 aromatic carbocycles. The molecule has 1 N–H and O–H groups in total. The topological polar surface area (TPSA) is 91.7 Å². The number of piperidine rings is 1. The highest BCUT2D eigenvalue weighted by atomic mass is 16.6. The van der Waals surface area contributed by atoms with Crippen LogP contribution in [-0.4, -0.2) is 99.1 Å². The second kappa shape index (κ2) is 12.8. The van der Waals surface area contributed by atoms with Gasteiger partial charge in [0.2, 0.25) is 0 Å². The lowest BCUT2D eigenvalue weighted by atomic mass is 9.86. The molecule has 10 heteroatoms. The first-order chi connectivity index (χ1) is 21.6. The van der Waals surface area contributed by atoms with Crippen molar-refractivity contribution in [1.29, 1.82) is 0 Å². The largest absolute Gasteiger partial charge is 0.444 e. The number of rotatable bonds is 7. The number of fused-ring (bicyclic) bond motifs is 1. The van der Waals surface area contributed by atoms with Crippen LogP contribution in [0.1, 0.15) is 40.5 Å². The molecule has 45 heavy (non-hydrogen) atoms. The zero-order valence-corrected chi connectivity index (χ0v) is 27.3. The number of pyridine rings is 2. The van der Waals surface area contributed by atoms with E-state index in [2.05, 4.69) is 67.4 Å². The van der Waals surface area contributed by atoms with Crippen molar-refractivity contribution in [2.75, 3.05) is 57.3 Å². The predicted octanol–water partition coefficient (Wildman–Crippen LogP) is 5.20. The Kier molecular flexibility index (Phi) is 8.79. The Balaban J connectivity index is 1.19. The number of aryl methyl sites for hydroxylation is 1. The van der Waals surface area contributed by atoms with Crippen molar-refractivity contribution < 1.29 is 9.53 Å². The number of benzene rings is 1. The van der Waals surface area contributed by atoms with Gasteiger partial charge in [-0.1, -0.05) is 13.0 Å². The molecule has 3 aromatic heterocycles. The average molecular weight is 611 g/mol. The Morgan fingerprint density at radius 1 is 0.933 bits per heavy atom. The Bertz CT molecular complexity index is 1610. The normalized spacial score (nSPS) is 17.8. The van der Waals surface area contributed by atoms with E-state index in [1.807, 2.05) is 63.4 Å². The molecule has 2 fully saturated rings. The standard InChI is InChI=1S/C35H46N8O2/c1-6-41-16-18-42(19-17-41)25-35(39-33(44)45-34(2,3)4)11-14-43(15-12-35)32-10-9-26(22-37-32)30-20-27(28-23-38-40(5)24-28)21-31-29(30)8-7-13-36-31/h7-10,13,20-24H,6,11-12,14-19,25H2,1-5H3,(H,39,44). The number of amides is 1.